The van der Waals surface area contributed by atoms with Gasteiger partial charge in [-0.15, -0.1) is 5.10 Å². The van der Waals surface area contributed by atoms with Crippen LogP contribution in [0.4, 0.5) is 5.69 Å². The van der Waals surface area contributed by atoms with Crippen molar-refractivity contribution in [2.45, 2.75) is 32.2 Å². The van der Waals surface area contributed by atoms with Crippen LogP contribution in [0, 0.1) is 0 Å². The van der Waals surface area contributed by atoms with Crippen molar-refractivity contribution in [3.05, 3.63) is 72.1 Å². The summed E-state index contributed by atoms with van der Waals surface area (Å²) >= 11 is 0. The van der Waals surface area contributed by atoms with Crippen molar-refractivity contribution in [2.24, 2.45) is 0 Å². The van der Waals surface area contributed by atoms with E-state index in [4.69, 9.17) is 4.74 Å². The highest BCUT2D eigenvalue weighted by molar-refractivity contribution is 5.93. The lowest BCUT2D eigenvalue weighted by atomic mass is 10.0. The highest BCUT2D eigenvalue weighted by Gasteiger charge is 2.25. The molecule has 1 aromatic heterocycles. The summed E-state index contributed by atoms with van der Waals surface area (Å²) in [5, 5.41) is 13.8. The van der Waals surface area contributed by atoms with Gasteiger partial charge in [0.2, 0.25) is 0 Å². The van der Waals surface area contributed by atoms with Crippen LogP contribution in [0.2, 0.25) is 0 Å². The van der Waals surface area contributed by atoms with E-state index in [0.29, 0.717) is 12.1 Å². The lowest BCUT2D eigenvalue weighted by Gasteiger charge is -2.16. The second kappa shape index (κ2) is 9.59. The fourth-order valence-corrected chi connectivity index (χ4v) is 2.97. The van der Waals surface area contributed by atoms with E-state index in [-0.39, 0.29) is 5.92 Å². The Labute approximate surface area is 168 Å². The number of tetrazole rings is 1. The van der Waals surface area contributed by atoms with Gasteiger partial charge in [-0.1, -0.05) is 62.4 Å². The molecular formula is C21H23N5O3. The van der Waals surface area contributed by atoms with Crippen molar-refractivity contribution in [2.75, 3.05) is 11.9 Å². The maximum atomic E-state index is 12.7. The van der Waals surface area contributed by atoms with Crippen molar-refractivity contribution < 1.29 is 14.3 Å². The number of hydrogen-bond acceptors (Lipinski definition) is 6. The first-order chi connectivity index (χ1) is 14.0. The fourth-order valence-electron chi connectivity index (χ4n) is 2.97. The largest absolute Gasteiger partial charge is 0.454 e. The normalized spacial score (nSPS) is 11.8. The zero-order chi connectivity index (χ0) is 20.6. The Hall–Kier alpha value is -3.55. The molecule has 0 saturated carbocycles. The van der Waals surface area contributed by atoms with Gasteiger partial charge in [-0.2, -0.15) is 0 Å². The van der Waals surface area contributed by atoms with Crippen LogP contribution in [0.15, 0.2) is 60.9 Å². The van der Waals surface area contributed by atoms with Gasteiger partial charge in [0, 0.05) is 12.1 Å². The molecule has 0 bridgehead atoms. The Kier molecular flexibility index (Phi) is 6.67. The molecule has 0 saturated heterocycles. The average molecular weight is 393 g/mol. The number of rotatable bonds is 8. The molecule has 8 heteroatoms. The Morgan fingerprint density at radius 3 is 2.48 bits per heavy atom. The smallest absolute Gasteiger partial charge is 0.331 e. The summed E-state index contributed by atoms with van der Waals surface area (Å²) in [6.07, 6.45) is 1.70. The monoisotopic (exact) mass is 393 g/mol. The van der Waals surface area contributed by atoms with Crippen molar-refractivity contribution in [1.82, 2.24) is 20.2 Å². The standard InChI is InChI=1S/C21H23N5O3/c1-15(2)17-10-6-7-11-18(17)23-20(27)13-29-21(28)19(26-14-22-24-25-26)12-16-8-4-3-5-9-16/h3-11,14-15,19H,12-13H2,1-2H3,(H,23,27)/t19-/m0/s1. The van der Waals surface area contributed by atoms with Gasteiger partial charge in [-0.3, -0.25) is 4.79 Å². The minimum absolute atomic E-state index is 0.254. The van der Waals surface area contributed by atoms with Crippen LogP contribution >= 0.6 is 0 Å². The quantitative estimate of drug-likeness (QED) is 0.591. The number of ether oxygens (including phenoxy) is 1. The number of amides is 1. The minimum atomic E-state index is -0.761. The zero-order valence-corrected chi connectivity index (χ0v) is 16.4. The molecule has 29 heavy (non-hydrogen) atoms. The first-order valence-electron chi connectivity index (χ1n) is 9.36. The molecule has 0 aliphatic rings. The number of aromatic nitrogens is 4. The van der Waals surface area contributed by atoms with Gasteiger partial charge in [0.1, 0.15) is 6.33 Å². The number of esters is 1. The summed E-state index contributed by atoms with van der Waals surface area (Å²) in [6, 6.07) is 16.3. The summed E-state index contributed by atoms with van der Waals surface area (Å²) < 4.78 is 6.60. The Balaban J connectivity index is 1.63. The van der Waals surface area contributed by atoms with E-state index in [1.165, 1.54) is 11.0 Å². The summed E-state index contributed by atoms with van der Waals surface area (Å²) in [5.41, 5.74) is 2.66. The summed E-state index contributed by atoms with van der Waals surface area (Å²) in [7, 11) is 0. The molecule has 0 aliphatic heterocycles. The van der Waals surface area contributed by atoms with Crippen molar-refractivity contribution in [3.8, 4) is 0 Å². The summed E-state index contributed by atoms with van der Waals surface area (Å²) in [4.78, 5) is 25.0. The summed E-state index contributed by atoms with van der Waals surface area (Å²) in [5.74, 6) is -0.723. The van der Waals surface area contributed by atoms with E-state index in [2.05, 4.69) is 20.8 Å². The lowest BCUT2D eigenvalue weighted by Crippen LogP contribution is -2.28. The van der Waals surface area contributed by atoms with Crippen LogP contribution in [0.1, 0.15) is 36.9 Å². The van der Waals surface area contributed by atoms with Gasteiger partial charge in [-0.05, 0) is 33.5 Å². The van der Waals surface area contributed by atoms with E-state index >= 15 is 0 Å². The SMILES string of the molecule is CC(C)c1ccccc1NC(=O)COC(=O)[C@H](Cc1ccccc1)n1cnnn1. The number of hydrogen-bond donors (Lipinski definition) is 1. The highest BCUT2D eigenvalue weighted by Crippen LogP contribution is 2.23. The number of carbonyl (C=O) groups is 2. The third-order valence-corrected chi connectivity index (χ3v) is 4.43. The molecular weight excluding hydrogens is 370 g/mol. The van der Waals surface area contributed by atoms with Gasteiger partial charge in [0.25, 0.3) is 5.91 Å². The topological polar surface area (TPSA) is 99.0 Å². The first-order valence-corrected chi connectivity index (χ1v) is 9.36. The number of benzene rings is 2. The van der Waals surface area contributed by atoms with Gasteiger partial charge in [0.15, 0.2) is 12.6 Å². The van der Waals surface area contributed by atoms with Gasteiger partial charge >= 0.3 is 5.97 Å². The zero-order valence-electron chi connectivity index (χ0n) is 16.4. The molecule has 0 aliphatic carbocycles. The van der Waals surface area contributed by atoms with Crippen LogP contribution in [-0.4, -0.2) is 38.7 Å². The number of carbonyl (C=O) groups excluding carboxylic acids is 2. The number of anilines is 1. The molecule has 0 radical (unpaired) electrons. The van der Waals surface area contributed by atoms with E-state index in [0.717, 1.165) is 11.1 Å². The lowest BCUT2D eigenvalue weighted by molar-refractivity contribution is -0.151. The van der Waals surface area contributed by atoms with Gasteiger partial charge < -0.3 is 10.1 Å². The summed E-state index contributed by atoms with van der Waals surface area (Å²) in [6.45, 7) is 3.70. The van der Waals surface area contributed by atoms with E-state index in [1.807, 2.05) is 68.4 Å². The fraction of sp³-hybridized carbons (Fsp3) is 0.286. The molecule has 2 aromatic carbocycles. The van der Waals surface area contributed by atoms with Gasteiger partial charge in [0.05, 0.1) is 0 Å². The van der Waals surface area contributed by atoms with Crippen LogP contribution in [0.3, 0.4) is 0 Å². The molecule has 0 spiro atoms. The van der Waals surface area contributed by atoms with Crippen LogP contribution in [0.5, 0.6) is 0 Å². The van der Waals surface area contributed by atoms with E-state index in [1.54, 1.807) is 0 Å². The van der Waals surface area contributed by atoms with Crippen LogP contribution < -0.4 is 5.32 Å². The molecule has 1 heterocycles. The third kappa shape index (κ3) is 5.47. The molecule has 0 fully saturated rings. The van der Waals surface area contributed by atoms with E-state index in [9.17, 15) is 9.59 Å². The first kappa shape index (κ1) is 20.2. The molecule has 150 valence electrons. The molecule has 1 N–H and O–H groups in total. The predicted octanol–water partition coefficient (Wildman–Crippen LogP) is 2.76. The minimum Gasteiger partial charge on any atom is -0.454 e. The average Bonchev–Trinajstić information content (AvgIpc) is 3.26. The molecule has 3 rings (SSSR count). The molecule has 0 unspecified atom stereocenters. The van der Waals surface area contributed by atoms with Crippen molar-refractivity contribution >= 4 is 17.6 Å². The maximum absolute atomic E-state index is 12.7. The number of nitrogens with one attached hydrogen (secondary N) is 1. The number of nitrogens with zero attached hydrogens (tertiary/aromatic N) is 4. The van der Waals surface area contributed by atoms with Crippen molar-refractivity contribution in [1.29, 1.82) is 0 Å². The van der Waals surface area contributed by atoms with Gasteiger partial charge in [-0.25, -0.2) is 9.48 Å². The molecule has 3 aromatic rings. The van der Waals surface area contributed by atoms with E-state index < -0.39 is 24.5 Å². The molecule has 1 amide bonds. The third-order valence-electron chi connectivity index (χ3n) is 4.43. The Morgan fingerprint density at radius 1 is 1.07 bits per heavy atom. The maximum Gasteiger partial charge on any atom is 0.331 e. The second-order valence-electron chi connectivity index (χ2n) is 6.89. The van der Waals surface area contributed by atoms with Crippen molar-refractivity contribution in [3.63, 3.8) is 0 Å². The molecule has 8 nitrogen and oxygen atoms in total. The number of para-hydroxylation sites is 1. The highest BCUT2D eigenvalue weighted by atomic mass is 16.5. The predicted molar refractivity (Wildman–Crippen MR) is 107 cm³/mol. The van der Waals surface area contributed by atoms with Crippen LogP contribution in [0.25, 0.3) is 0 Å². The Morgan fingerprint density at radius 2 is 1.79 bits per heavy atom. The Bertz CT molecular complexity index is 942. The van der Waals surface area contributed by atoms with Crippen LogP contribution in [-0.2, 0) is 20.7 Å². The second-order valence-corrected chi connectivity index (χ2v) is 6.89. The molecule has 1 atom stereocenters.